The summed E-state index contributed by atoms with van der Waals surface area (Å²) in [5, 5.41) is 11.7. The topological polar surface area (TPSA) is 121 Å². The second kappa shape index (κ2) is 6.55. The summed E-state index contributed by atoms with van der Waals surface area (Å²) < 4.78 is 63.7. The van der Waals surface area contributed by atoms with Crippen LogP contribution in [0, 0.1) is 0 Å². The van der Waals surface area contributed by atoms with Gasteiger partial charge in [0.25, 0.3) is 0 Å². The van der Waals surface area contributed by atoms with Crippen LogP contribution in [0.25, 0.3) is 5.69 Å². The number of pyridine rings is 1. The van der Waals surface area contributed by atoms with E-state index in [1.165, 1.54) is 24.4 Å². The summed E-state index contributed by atoms with van der Waals surface area (Å²) in [4.78, 5) is 15.8. The van der Waals surface area contributed by atoms with Crippen molar-refractivity contribution >= 4 is 15.8 Å². The summed E-state index contributed by atoms with van der Waals surface area (Å²) in [6.07, 6.45) is -3.70. The molecule has 2 heterocycles. The molecule has 1 aromatic carbocycles. The van der Waals surface area contributed by atoms with Crippen LogP contribution in [0.4, 0.5) is 13.2 Å². The zero-order valence-corrected chi connectivity index (χ0v) is 14.1. The Morgan fingerprint density at radius 2 is 1.74 bits per heavy atom. The smallest absolute Gasteiger partial charge is 0.285 e. The number of alkyl halides is 3. The van der Waals surface area contributed by atoms with E-state index in [0.717, 1.165) is 24.3 Å². The monoisotopic (exact) mass is 397 g/mol. The molecule has 12 heteroatoms. The Morgan fingerprint density at radius 3 is 2.26 bits per heavy atom. The summed E-state index contributed by atoms with van der Waals surface area (Å²) in [7, 11) is -4.01. The molecule has 0 bridgehead atoms. The fraction of sp³-hybridized carbons (Fsp3) is 0.0667. The van der Waals surface area contributed by atoms with Crippen molar-refractivity contribution in [3.05, 3.63) is 65.7 Å². The molecule has 0 unspecified atom stereocenters. The van der Waals surface area contributed by atoms with Gasteiger partial charge >= 0.3 is 6.18 Å². The van der Waals surface area contributed by atoms with Crippen LogP contribution in [0.3, 0.4) is 0 Å². The number of sulfonamides is 1. The Labute approximate surface area is 150 Å². The first-order valence-electron chi connectivity index (χ1n) is 7.21. The third-order valence-corrected chi connectivity index (χ3v) is 4.39. The number of carbonyl (C=O) groups is 1. The molecule has 140 valence electrons. The normalized spacial score (nSPS) is 12.1. The number of halogens is 3. The van der Waals surface area contributed by atoms with Gasteiger partial charge in [0, 0.05) is 6.20 Å². The highest BCUT2D eigenvalue weighted by Crippen LogP contribution is 2.33. The van der Waals surface area contributed by atoms with Crippen LogP contribution in [0.2, 0.25) is 0 Å². The first kappa shape index (κ1) is 18.7. The van der Waals surface area contributed by atoms with E-state index in [-0.39, 0.29) is 16.3 Å². The summed E-state index contributed by atoms with van der Waals surface area (Å²) in [6.45, 7) is 0. The van der Waals surface area contributed by atoms with Gasteiger partial charge in [0.15, 0.2) is 11.4 Å². The van der Waals surface area contributed by atoms with E-state index in [4.69, 9.17) is 5.14 Å². The SMILES string of the molecule is NS(=O)(=O)c1ccc(-n2nnc(C(=O)c3ccccn3)c2C(F)(F)F)cc1. The van der Waals surface area contributed by atoms with Gasteiger partial charge in [-0.15, -0.1) is 5.10 Å². The third kappa shape index (κ3) is 3.71. The predicted molar refractivity (Wildman–Crippen MR) is 85.4 cm³/mol. The molecule has 0 saturated carbocycles. The Bertz CT molecular complexity index is 1090. The molecule has 27 heavy (non-hydrogen) atoms. The molecule has 2 N–H and O–H groups in total. The minimum Gasteiger partial charge on any atom is -0.285 e. The summed E-state index contributed by atoms with van der Waals surface area (Å²) in [6, 6.07) is 8.38. The van der Waals surface area contributed by atoms with Crippen LogP contribution in [0.15, 0.2) is 53.6 Å². The van der Waals surface area contributed by atoms with Gasteiger partial charge in [-0.2, -0.15) is 13.2 Å². The van der Waals surface area contributed by atoms with Crippen molar-refractivity contribution in [3.8, 4) is 5.69 Å². The molecule has 2 aromatic heterocycles. The molecule has 0 saturated heterocycles. The van der Waals surface area contributed by atoms with Gasteiger partial charge in [-0.05, 0) is 36.4 Å². The molecular formula is C15H10F3N5O3S. The minimum absolute atomic E-state index is 0.151. The van der Waals surface area contributed by atoms with Crippen molar-refractivity contribution in [2.45, 2.75) is 11.1 Å². The second-order valence-electron chi connectivity index (χ2n) is 5.28. The Hall–Kier alpha value is -3.12. The van der Waals surface area contributed by atoms with E-state index >= 15 is 0 Å². The number of nitrogens with two attached hydrogens (primary N) is 1. The Morgan fingerprint density at radius 1 is 1.07 bits per heavy atom. The van der Waals surface area contributed by atoms with Crippen molar-refractivity contribution < 1.29 is 26.4 Å². The van der Waals surface area contributed by atoms with Gasteiger partial charge in [-0.3, -0.25) is 9.78 Å². The van der Waals surface area contributed by atoms with Gasteiger partial charge in [0.1, 0.15) is 5.69 Å². The number of carbonyl (C=O) groups excluding carboxylic acids is 1. The van der Waals surface area contributed by atoms with Crippen molar-refractivity contribution in [2.75, 3.05) is 0 Å². The molecule has 8 nitrogen and oxygen atoms in total. The number of benzene rings is 1. The summed E-state index contributed by atoms with van der Waals surface area (Å²) >= 11 is 0. The Kier molecular flexibility index (Phi) is 4.53. The molecule has 0 radical (unpaired) electrons. The van der Waals surface area contributed by atoms with Crippen molar-refractivity contribution in [3.63, 3.8) is 0 Å². The third-order valence-electron chi connectivity index (χ3n) is 3.46. The molecule has 0 aliphatic rings. The largest absolute Gasteiger partial charge is 0.435 e. The van der Waals surface area contributed by atoms with Crippen LogP contribution in [-0.4, -0.2) is 34.2 Å². The molecule has 0 aliphatic carbocycles. The number of hydrogen-bond donors (Lipinski definition) is 1. The van der Waals surface area contributed by atoms with E-state index < -0.39 is 33.4 Å². The van der Waals surface area contributed by atoms with Crippen LogP contribution >= 0.6 is 0 Å². The van der Waals surface area contributed by atoms with Crippen LogP contribution in [0.5, 0.6) is 0 Å². The fourth-order valence-corrected chi connectivity index (χ4v) is 2.78. The van der Waals surface area contributed by atoms with Gasteiger partial charge in [0.05, 0.1) is 10.6 Å². The van der Waals surface area contributed by atoms with Gasteiger partial charge < -0.3 is 0 Å². The molecule has 0 aliphatic heterocycles. The van der Waals surface area contributed by atoms with E-state index in [9.17, 15) is 26.4 Å². The highest BCUT2D eigenvalue weighted by atomic mass is 32.2. The van der Waals surface area contributed by atoms with Crippen molar-refractivity contribution in [1.29, 1.82) is 0 Å². The predicted octanol–water partition coefficient (Wildman–Crippen LogP) is 1.56. The quantitative estimate of drug-likeness (QED) is 0.667. The number of primary sulfonamides is 1. The fourth-order valence-electron chi connectivity index (χ4n) is 2.27. The van der Waals surface area contributed by atoms with Crippen molar-refractivity contribution in [1.82, 2.24) is 20.0 Å². The van der Waals surface area contributed by atoms with Gasteiger partial charge in [0.2, 0.25) is 15.8 Å². The lowest BCUT2D eigenvalue weighted by atomic mass is 10.1. The number of aromatic nitrogens is 4. The average molecular weight is 397 g/mol. The standard InChI is InChI=1S/C15H10F3N5O3S/c16-15(17,18)14-12(13(24)11-3-1-2-8-20-11)21-22-23(14)9-4-6-10(7-5-9)27(19,25)26/h1-8H,(H2,19,25,26). The first-order chi connectivity index (χ1) is 12.6. The maximum Gasteiger partial charge on any atom is 0.435 e. The second-order valence-corrected chi connectivity index (χ2v) is 6.84. The lowest BCUT2D eigenvalue weighted by Crippen LogP contribution is -2.18. The van der Waals surface area contributed by atoms with Crippen LogP contribution in [0.1, 0.15) is 21.9 Å². The highest BCUT2D eigenvalue weighted by Gasteiger charge is 2.42. The number of ketones is 1. The highest BCUT2D eigenvalue weighted by molar-refractivity contribution is 7.89. The summed E-state index contributed by atoms with van der Waals surface area (Å²) in [5.41, 5.74) is -2.69. The van der Waals surface area contributed by atoms with Gasteiger partial charge in [-0.1, -0.05) is 11.3 Å². The molecular weight excluding hydrogens is 387 g/mol. The molecule has 0 atom stereocenters. The minimum atomic E-state index is -4.96. The number of rotatable bonds is 4. The lowest BCUT2D eigenvalue weighted by Gasteiger charge is -2.11. The molecule has 0 amide bonds. The number of nitrogens with zero attached hydrogens (tertiary/aromatic N) is 4. The average Bonchev–Trinajstić information content (AvgIpc) is 3.06. The van der Waals surface area contributed by atoms with E-state index in [0.29, 0.717) is 4.68 Å². The van der Waals surface area contributed by atoms with E-state index in [1.54, 1.807) is 0 Å². The van der Waals surface area contributed by atoms with Crippen LogP contribution in [-0.2, 0) is 16.2 Å². The van der Waals surface area contributed by atoms with E-state index in [1.807, 2.05) is 0 Å². The molecule has 0 spiro atoms. The van der Waals surface area contributed by atoms with Crippen molar-refractivity contribution in [2.24, 2.45) is 5.14 Å². The Balaban J connectivity index is 2.13. The lowest BCUT2D eigenvalue weighted by molar-refractivity contribution is -0.143. The van der Waals surface area contributed by atoms with Crippen LogP contribution < -0.4 is 5.14 Å². The van der Waals surface area contributed by atoms with E-state index in [2.05, 4.69) is 15.3 Å². The molecule has 3 rings (SSSR count). The molecule has 3 aromatic rings. The summed E-state index contributed by atoms with van der Waals surface area (Å²) in [5.74, 6) is -1.05. The zero-order valence-electron chi connectivity index (χ0n) is 13.3. The maximum absolute atomic E-state index is 13.6. The first-order valence-corrected chi connectivity index (χ1v) is 8.75. The zero-order chi connectivity index (χ0) is 19.8. The molecule has 0 fully saturated rings. The maximum atomic E-state index is 13.6. The van der Waals surface area contributed by atoms with Gasteiger partial charge in [-0.25, -0.2) is 18.2 Å². The number of hydrogen-bond acceptors (Lipinski definition) is 6.